The van der Waals surface area contributed by atoms with Crippen molar-refractivity contribution < 1.29 is 0 Å². The van der Waals surface area contributed by atoms with E-state index < -0.39 is 0 Å². The second-order valence-corrected chi connectivity index (χ2v) is 13.6. The molecule has 5 aromatic carbocycles. The average Bonchev–Trinajstić information content (AvgIpc) is 3.30. The van der Waals surface area contributed by atoms with Crippen LogP contribution in [0, 0.1) is 6.92 Å². The molecule has 0 amide bonds. The number of anilines is 2. The lowest BCUT2D eigenvalue weighted by molar-refractivity contribution is 0.992. The molecule has 0 atom stereocenters. The highest BCUT2D eigenvalue weighted by atomic mass is 15.0. The number of nitrogens with zero attached hydrogens (tertiary/aromatic N) is 3. The maximum Gasteiger partial charge on any atom is 0.164 e. The molecule has 0 aliphatic heterocycles. The third kappa shape index (κ3) is 11.1. The van der Waals surface area contributed by atoms with E-state index in [0.717, 1.165) is 61.6 Å². The van der Waals surface area contributed by atoms with Crippen molar-refractivity contribution in [2.75, 3.05) is 38.8 Å². The first-order valence-corrected chi connectivity index (χ1v) is 19.7. The summed E-state index contributed by atoms with van der Waals surface area (Å²) in [4.78, 5) is 15.1. The summed E-state index contributed by atoms with van der Waals surface area (Å²) in [5, 5.41) is 9.93. The summed E-state index contributed by atoms with van der Waals surface area (Å²) in [5.41, 5.74) is 19.3. The van der Waals surface area contributed by atoms with Gasteiger partial charge in [-0.1, -0.05) is 128 Å². The molecule has 0 spiro atoms. The van der Waals surface area contributed by atoms with Crippen LogP contribution in [-0.4, -0.2) is 43.1 Å². The number of hydrogen-bond acceptors (Lipinski definition) is 7. The largest absolute Gasteiger partial charge is 0.388 e. The highest BCUT2D eigenvalue weighted by molar-refractivity contribution is 5.81. The molecule has 1 heterocycles. The Balaban J connectivity index is 0.00000326. The fraction of sp³-hybridized carbons (Fsp3) is 0.135. The quantitative estimate of drug-likeness (QED) is 0.0817. The van der Waals surface area contributed by atoms with Gasteiger partial charge in [-0.15, -0.1) is 0 Å². The van der Waals surface area contributed by atoms with Gasteiger partial charge < -0.3 is 21.7 Å². The van der Waals surface area contributed by atoms with Crippen molar-refractivity contribution in [1.82, 2.24) is 20.3 Å². The van der Waals surface area contributed by atoms with Crippen molar-refractivity contribution >= 4 is 28.6 Å². The Morgan fingerprint density at radius 3 is 1.78 bits per heavy atom. The molecule has 0 aliphatic rings. The van der Waals surface area contributed by atoms with E-state index in [9.17, 15) is 0 Å². The van der Waals surface area contributed by atoms with Gasteiger partial charge in [0.05, 0.1) is 0 Å². The number of allylic oxidation sites excluding steroid dienone is 9. The van der Waals surface area contributed by atoms with Gasteiger partial charge in [0.15, 0.2) is 17.5 Å². The van der Waals surface area contributed by atoms with Crippen LogP contribution in [0.1, 0.15) is 36.6 Å². The van der Waals surface area contributed by atoms with Gasteiger partial charge in [-0.25, -0.2) is 15.0 Å². The van der Waals surface area contributed by atoms with E-state index in [1.165, 1.54) is 23.7 Å². The van der Waals surface area contributed by atoms with Crippen LogP contribution in [0.2, 0.25) is 0 Å². The Morgan fingerprint density at radius 1 is 0.644 bits per heavy atom. The third-order valence-electron chi connectivity index (χ3n) is 9.73. The Kier molecular flexibility index (Phi) is 15.6. The van der Waals surface area contributed by atoms with E-state index >= 15 is 0 Å². The van der Waals surface area contributed by atoms with Gasteiger partial charge in [-0.05, 0) is 120 Å². The molecule has 5 N–H and O–H groups in total. The summed E-state index contributed by atoms with van der Waals surface area (Å²) in [7, 11) is 7.30. The number of nitrogens with two attached hydrogens (primary N) is 1. The number of likely N-dealkylation sites (N-methyl/N-ethyl adjacent to an activating group) is 1. The minimum atomic E-state index is 0.577. The van der Waals surface area contributed by atoms with Gasteiger partial charge in [0.2, 0.25) is 0 Å². The van der Waals surface area contributed by atoms with Crippen molar-refractivity contribution in [3.8, 4) is 44.8 Å². The minimum absolute atomic E-state index is 0.577. The van der Waals surface area contributed by atoms with Gasteiger partial charge >= 0.3 is 0 Å². The van der Waals surface area contributed by atoms with Crippen LogP contribution >= 0.6 is 0 Å². The van der Waals surface area contributed by atoms with Crippen LogP contribution in [0.15, 0.2) is 170 Å². The molecule has 7 nitrogen and oxygen atoms in total. The maximum atomic E-state index is 5.08. The second kappa shape index (κ2) is 21.4. The number of hydrogen-bond donors (Lipinski definition) is 4. The van der Waals surface area contributed by atoms with Gasteiger partial charge in [0, 0.05) is 49.4 Å². The molecule has 0 unspecified atom stereocenters. The van der Waals surface area contributed by atoms with Crippen molar-refractivity contribution in [1.29, 1.82) is 0 Å². The predicted molar refractivity (Wildman–Crippen MR) is 255 cm³/mol. The number of benzene rings is 5. The highest BCUT2D eigenvalue weighted by Crippen LogP contribution is 2.33. The van der Waals surface area contributed by atoms with Gasteiger partial charge in [-0.3, -0.25) is 0 Å². The average molecular weight is 778 g/mol. The molecule has 0 radical (unpaired) electrons. The molecule has 0 saturated carbocycles. The first-order valence-electron chi connectivity index (χ1n) is 19.7. The van der Waals surface area contributed by atoms with Gasteiger partial charge in [-0.2, -0.15) is 0 Å². The maximum absolute atomic E-state index is 5.08. The summed E-state index contributed by atoms with van der Waals surface area (Å²) >= 11 is 0. The van der Waals surface area contributed by atoms with Crippen molar-refractivity contribution in [2.45, 2.75) is 20.8 Å². The lowest BCUT2D eigenvalue weighted by atomic mass is 9.97. The van der Waals surface area contributed by atoms with Crippen molar-refractivity contribution in [3.63, 3.8) is 0 Å². The number of aromatic nitrogens is 3. The molecule has 0 bridgehead atoms. The molecule has 1 aromatic heterocycles. The zero-order valence-corrected chi connectivity index (χ0v) is 35.2. The fourth-order valence-corrected chi connectivity index (χ4v) is 6.59. The molecule has 0 saturated heterocycles. The van der Waals surface area contributed by atoms with Crippen LogP contribution in [-0.2, 0) is 0 Å². The summed E-state index contributed by atoms with van der Waals surface area (Å²) in [6, 6.07) is 40.3. The molecule has 0 aliphatic carbocycles. The van der Waals surface area contributed by atoms with Crippen LogP contribution < -0.4 is 21.7 Å². The molecule has 6 rings (SSSR count). The molecule has 298 valence electrons. The minimum Gasteiger partial charge on any atom is -0.388 e. The zero-order valence-electron chi connectivity index (χ0n) is 35.2. The first kappa shape index (κ1) is 43.0. The summed E-state index contributed by atoms with van der Waals surface area (Å²) in [5.74, 6) is 1.75. The lowest BCUT2D eigenvalue weighted by Crippen LogP contribution is -2.06. The number of nitrogens with one attached hydrogen (secondary N) is 3. The highest BCUT2D eigenvalue weighted by Gasteiger charge is 2.14. The summed E-state index contributed by atoms with van der Waals surface area (Å²) in [6.07, 6.45) is 16.0. The monoisotopic (exact) mass is 777 g/mol. The Hall–Kier alpha value is -7.09. The Morgan fingerprint density at radius 2 is 1.22 bits per heavy atom. The lowest BCUT2D eigenvalue weighted by Gasteiger charge is -2.13. The first-order chi connectivity index (χ1) is 28.8. The van der Waals surface area contributed by atoms with E-state index in [0.29, 0.717) is 17.5 Å². The summed E-state index contributed by atoms with van der Waals surface area (Å²) < 4.78 is 0. The van der Waals surface area contributed by atoms with Gasteiger partial charge in [0.25, 0.3) is 0 Å². The smallest absolute Gasteiger partial charge is 0.164 e. The van der Waals surface area contributed by atoms with Gasteiger partial charge in [0.1, 0.15) is 0 Å². The topological polar surface area (TPSA) is 101 Å². The second-order valence-electron chi connectivity index (χ2n) is 13.6. The molecule has 59 heavy (non-hydrogen) atoms. The molecule has 7 heteroatoms. The van der Waals surface area contributed by atoms with E-state index in [1.807, 2.05) is 71.4 Å². The Bertz CT molecular complexity index is 2490. The van der Waals surface area contributed by atoms with Crippen LogP contribution in [0.5, 0.6) is 0 Å². The van der Waals surface area contributed by atoms with E-state index in [2.05, 4.69) is 157 Å². The zero-order chi connectivity index (χ0) is 42.1. The molecule has 0 fully saturated rings. The third-order valence-corrected chi connectivity index (χ3v) is 9.73. The number of rotatable bonds is 14. The van der Waals surface area contributed by atoms with Crippen molar-refractivity contribution in [3.05, 3.63) is 193 Å². The molecular weight excluding hydrogens is 723 g/mol. The molecule has 6 aromatic rings. The predicted octanol–water partition coefficient (Wildman–Crippen LogP) is 11.9. The van der Waals surface area contributed by atoms with Crippen molar-refractivity contribution in [2.24, 2.45) is 5.73 Å². The van der Waals surface area contributed by atoms with E-state index in [4.69, 9.17) is 15.0 Å². The Labute approximate surface area is 350 Å². The van der Waals surface area contributed by atoms with E-state index in [1.54, 1.807) is 6.08 Å². The fourth-order valence-electron chi connectivity index (χ4n) is 6.59. The van der Waals surface area contributed by atoms with Crippen LogP contribution in [0.3, 0.4) is 0 Å². The normalized spacial score (nSPS) is 12.0. The summed E-state index contributed by atoms with van der Waals surface area (Å²) in [6.45, 7) is 10.0. The molecular formula is C52H55N7. The van der Waals surface area contributed by atoms with E-state index in [-0.39, 0.29) is 0 Å². The van der Waals surface area contributed by atoms with Crippen LogP contribution in [0.25, 0.3) is 62.0 Å². The SMILES string of the molecule is C=C/C=C(\C=C(/C)c1nc(C(/C=C\C)=C/C=C/c2cc(-c3ccccc3)cc(NC)c2C)nc(-c2ccc(-c3cc(NC)cc(-c4ccccc4)c3)cc2)n1)NC.CN. The standard InChI is InChI=1S/C51H50N6.CH5N/c1-8-17-40(23-16-24-42-30-45(34-48(54-7)36(42)4)38-21-14-11-15-22-38)50-55-49(35(3)29-46(52-5)18-9-2)56-51(57-50)41-27-25-39(26-28-41)44-31-43(32-47(33-44)53-6)37-19-12-10-13-20-37;1-2/h8-34,52-54H,2H2,1,3-7H3;2H2,1H3/b17-8-,24-16+,35-29+,40-23+,46-18+;. The van der Waals surface area contributed by atoms with Crippen LogP contribution in [0.4, 0.5) is 11.4 Å².